The van der Waals surface area contributed by atoms with Gasteiger partial charge >= 0.3 is 0 Å². The molecule has 1 unspecified atom stereocenters. The van der Waals surface area contributed by atoms with Gasteiger partial charge in [-0.15, -0.1) is 0 Å². The molecular weight excluding hydrogens is 539 g/mol. The number of carbonyl (C=O) groups is 1. The van der Waals surface area contributed by atoms with Crippen LogP contribution in [-0.4, -0.2) is 51.4 Å². The molecule has 0 N–H and O–H groups in total. The van der Waals surface area contributed by atoms with Crippen LogP contribution in [0.25, 0.3) is 27.7 Å². The van der Waals surface area contributed by atoms with Crippen molar-refractivity contribution in [2.75, 3.05) is 26.2 Å². The molecule has 1 atom stereocenters. The van der Waals surface area contributed by atoms with Crippen LogP contribution in [0.1, 0.15) is 37.2 Å². The van der Waals surface area contributed by atoms with Crippen LogP contribution in [0.15, 0.2) is 108 Å². The summed E-state index contributed by atoms with van der Waals surface area (Å²) in [7, 11) is 0. The molecule has 7 heteroatoms. The van der Waals surface area contributed by atoms with Crippen molar-refractivity contribution in [1.29, 1.82) is 0 Å². The van der Waals surface area contributed by atoms with Gasteiger partial charge < -0.3 is 9.80 Å². The molecule has 1 amide bonds. The van der Waals surface area contributed by atoms with Crippen LogP contribution in [0.3, 0.4) is 0 Å². The topological polar surface area (TPSA) is 58.4 Å². The third-order valence-corrected chi connectivity index (χ3v) is 8.30. The van der Waals surface area contributed by atoms with Crippen LogP contribution in [0.4, 0.5) is 4.39 Å². The summed E-state index contributed by atoms with van der Waals surface area (Å²) in [6, 6.07) is 30.8. The van der Waals surface area contributed by atoms with E-state index in [1.54, 1.807) is 30.3 Å². The normalized spacial score (nSPS) is 14.2. The molecule has 0 spiro atoms. The fourth-order valence-electron chi connectivity index (χ4n) is 5.95. The summed E-state index contributed by atoms with van der Waals surface area (Å²) in [4.78, 5) is 37.0. The van der Waals surface area contributed by atoms with Gasteiger partial charge in [0, 0.05) is 13.1 Å². The Bertz CT molecular complexity index is 1780. The highest BCUT2D eigenvalue weighted by Crippen LogP contribution is 2.25. The van der Waals surface area contributed by atoms with Crippen molar-refractivity contribution < 1.29 is 9.18 Å². The van der Waals surface area contributed by atoms with Crippen LogP contribution in [-0.2, 0) is 11.2 Å². The summed E-state index contributed by atoms with van der Waals surface area (Å²) in [6.45, 7) is 5.17. The summed E-state index contributed by atoms with van der Waals surface area (Å²) >= 11 is 0. The minimum absolute atomic E-state index is 0.0487. The number of fused-ring (bicyclic) bond motifs is 1. The Labute approximate surface area is 251 Å². The minimum Gasteiger partial charge on any atom is -0.331 e. The number of hydrogen-bond acceptors (Lipinski definition) is 4. The number of benzene rings is 4. The first-order valence-corrected chi connectivity index (χ1v) is 14.9. The number of hydrogen-bond donors (Lipinski definition) is 0. The van der Waals surface area contributed by atoms with E-state index in [4.69, 9.17) is 4.98 Å². The number of halogens is 1. The van der Waals surface area contributed by atoms with E-state index in [9.17, 15) is 14.0 Å². The van der Waals surface area contributed by atoms with Gasteiger partial charge in [0.05, 0.1) is 29.1 Å². The van der Waals surface area contributed by atoms with Crippen molar-refractivity contribution in [1.82, 2.24) is 19.4 Å². The predicted octanol–water partition coefficient (Wildman–Crippen LogP) is 6.42. The molecule has 2 heterocycles. The van der Waals surface area contributed by atoms with Gasteiger partial charge in [-0.3, -0.25) is 14.2 Å². The largest absolute Gasteiger partial charge is 0.331 e. The van der Waals surface area contributed by atoms with Crippen LogP contribution in [0, 0.1) is 5.82 Å². The molecule has 43 heavy (non-hydrogen) atoms. The second-order valence-corrected chi connectivity index (χ2v) is 11.2. The highest BCUT2D eigenvalue weighted by atomic mass is 19.1. The minimum atomic E-state index is -0.542. The monoisotopic (exact) mass is 574 g/mol. The lowest BCUT2D eigenvalue weighted by Crippen LogP contribution is -2.42. The highest BCUT2D eigenvalue weighted by Gasteiger charge is 2.28. The molecule has 0 bridgehead atoms. The second kappa shape index (κ2) is 12.7. The van der Waals surface area contributed by atoms with Crippen molar-refractivity contribution >= 4 is 16.8 Å². The zero-order valence-electron chi connectivity index (χ0n) is 24.3. The van der Waals surface area contributed by atoms with Gasteiger partial charge in [-0.1, -0.05) is 72.8 Å². The first-order valence-electron chi connectivity index (χ1n) is 14.9. The standard InChI is InChI=1S/C36H35FN4O2/c1-26(35-38-33-15-6-5-14-32(33)36(43)41(35)31-13-9-12-30(37)25-31)40(23-22-39-20-7-8-21-39)34(42)24-27-16-18-29(19-17-27)28-10-3-2-4-11-28/h2-6,9-19,25-26H,7-8,20-24H2,1H3. The van der Waals surface area contributed by atoms with Crippen LogP contribution in [0.2, 0.25) is 0 Å². The van der Waals surface area contributed by atoms with Crippen molar-refractivity contribution in [3.05, 3.63) is 131 Å². The summed E-state index contributed by atoms with van der Waals surface area (Å²) in [6.07, 6.45) is 2.53. The lowest BCUT2D eigenvalue weighted by molar-refractivity contribution is -0.133. The molecule has 0 aliphatic carbocycles. The van der Waals surface area contributed by atoms with E-state index in [0.29, 0.717) is 29.0 Å². The Morgan fingerprint density at radius 2 is 1.58 bits per heavy atom. The summed E-state index contributed by atoms with van der Waals surface area (Å²) in [5.74, 6) is -0.0899. The number of amides is 1. The average molecular weight is 575 g/mol. The van der Waals surface area contributed by atoms with Gasteiger partial charge in [0.1, 0.15) is 11.6 Å². The highest BCUT2D eigenvalue weighted by molar-refractivity contribution is 5.80. The maximum Gasteiger partial charge on any atom is 0.266 e. The first-order chi connectivity index (χ1) is 21.0. The smallest absolute Gasteiger partial charge is 0.266 e. The fourth-order valence-corrected chi connectivity index (χ4v) is 5.95. The maximum atomic E-state index is 14.4. The Morgan fingerprint density at radius 1 is 0.884 bits per heavy atom. The number of carbonyl (C=O) groups excluding carboxylic acids is 1. The van der Waals surface area contributed by atoms with E-state index in [-0.39, 0.29) is 17.9 Å². The average Bonchev–Trinajstić information content (AvgIpc) is 3.55. The maximum absolute atomic E-state index is 14.4. The lowest BCUT2D eigenvalue weighted by Gasteiger charge is -2.32. The van der Waals surface area contributed by atoms with Gasteiger partial charge in [-0.25, -0.2) is 9.37 Å². The molecule has 0 radical (unpaired) electrons. The molecule has 1 aliphatic rings. The summed E-state index contributed by atoms with van der Waals surface area (Å²) in [5.41, 5.74) is 3.77. The Morgan fingerprint density at radius 3 is 2.33 bits per heavy atom. The van der Waals surface area contributed by atoms with E-state index >= 15 is 0 Å². The molecule has 1 aromatic heterocycles. The van der Waals surface area contributed by atoms with Crippen molar-refractivity contribution in [3.63, 3.8) is 0 Å². The van der Waals surface area contributed by atoms with E-state index in [2.05, 4.69) is 17.0 Å². The number of likely N-dealkylation sites (tertiary alicyclic amines) is 1. The Kier molecular flexibility index (Phi) is 8.43. The summed E-state index contributed by atoms with van der Waals surface area (Å²) < 4.78 is 15.8. The number of aromatic nitrogens is 2. The van der Waals surface area contributed by atoms with Gasteiger partial charge in [0.25, 0.3) is 5.56 Å². The molecular formula is C36H35FN4O2. The fraction of sp³-hybridized carbons (Fsp3) is 0.250. The van der Waals surface area contributed by atoms with Crippen LogP contribution >= 0.6 is 0 Å². The van der Waals surface area contributed by atoms with E-state index in [1.165, 1.54) is 16.7 Å². The lowest BCUT2D eigenvalue weighted by atomic mass is 10.0. The van der Waals surface area contributed by atoms with Crippen LogP contribution < -0.4 is 5.56 Å². The second-order valence-electron chi connectivity index (χ2n) is 11.2. The third kappa shape index (κ3) is 6.27. The van der Waals surface area contributed by atoms with Crippen molar-refractivity contribution in [2.45, 2.75) is 32.2 Å². The molecule has 1 fully saturated rings. The zero-order chi connectivity index (χ0) is 29.8. The van der Waals surface area contributed by atoms with E-state index < -0.39 is 11.9 Å². The van der Waals surface area contributed by atoms with Crippen LogP contribution in [0.5, 0.6) is 0 Å². The molecule has 6 nitrogen and oxygen atoms in total. The predicted molar refractivity (Wildman–Crippen MR) is 169 cm³/mol. The van der Waals surface area contributed by atoms with Crippen molar-refractivity contribution in [3.8, 4) is 16.8 Å². The first kappa shape index (κ1) is 28.5. The van der Waals surface area contributed by atoms with Gasteiger partial charge in [-0.05, 0) is 79.9 Å². The van der Waals surface area contributed by atoms with Gasteiger partial charge in [-0.2, -0.15) is 0 Å². The van der Waals surface area contributed by atoms with Gasteiger partial charge in [0.2, 0.25) is 5.91 Å². The molecule has 0 saturated carbocycles. The quantitative estimate of drug-likeness (QED) is 0.204. The molecule has 1 aliphatic heterocycles. The van der Waals surface area contributed by atoms with Crippen molar-refractivity contribution in [2.24, 2.45) is 0 Å². The Balaban J connectivity index is 1.36. The SMILES string of the molecule is CC(c1nc2ccccc2c(=O)n1-c1cccc(F)c1)N(CCN1CCCC1)C(=O)Cc1ccc(-c2ccccc2)cc1. The molecule has 5 aromatic rings. The Hall–Kier alpha value is -4.62. The number of nitrogens with zero attached hydrogens (tertiary/aromatic N) is 4. The zero-order valence-corrected chi connectivity index (χ0v) is 24.3. The molecule has 4 aromatic carbocycles. The summed E-state index contributed by atoms with van der Waals surface area (Å²) in [5, 5.41) is 0.441. The molecule has 1 saturated heterocycles. The number of para-hydroxylation sites is 1. The molecule has 6 rings (SSSR count). The third-order valence-electron chi connectivity index (χ3n) is 8.30. The van der Waals surface area contributed by atoms with E-state index in [0.717, 1.165) is 49.2 Å². The van der Waals surface area contributed by atoms with Gasteiger partial charge in [0.15, 0.2) is 0 Å². The van der Waals surface area contributed by atoms with E-state index in [1.807, 2.05) is 60.4 Å². The number of rotatable bonds is 9. The molecule has 218 valence electrons.